The monoisotopic (exact) mass is 434 g/mol. The van der Waals surface area contributed by atoms with Gasteiger partial charge in [0.05, 0.1) is 19.3 Å². The first kappa shape index (κ1) is 27.4. The minimum Gasteiger partial charge on any atom is -0.469 e. The molecule has 31 heavy (non-hydrogen) atoms. The molecule has 0 aromatic rings. The highest BCUT2D eigenvalue weighted by Crippen LogP contribution is 2.36. The average molecular weight is 435 g/mol. The summed E-state index contributed by atoms with van der Waals surface area (Å²) in [6, 6.07) is 0. The smallest absolute Gasteiger partial charge is 0.305 e. The number of unbranched alkanes of at least 4 members (excludes halogenated alkanes) is 4. The summed E-state index contributed by atoms with van der Waals surface area (Å²) in [6.07, 6.45) is 15.2. The van der Waals surface area contributed by atoms with Crippen molar-refractivity contribution in [3.05, 3.63) is 24.3 Å². The van der Waals surface area contributed by atoms with Gasteiger partial charge in [-0.3, -0.25) is 4.79 Å². The second-order valence-electron chi connectivity index (χ2n) is 8.64. The predicted octanol–water partition coefficient (Wildman–Crippen LogP) is 4.31. The fourth-order valence-corrected chi connectivity index (χ4v) is 4.26. The summed E-state index contributed by atoms with van der Waals surface area (Å²) in [6.45, 7) is 3.90. The maximum Gasteiger partial charge on any atom is 0.305 e. The summed E-state index contributed by atoms with van der Waals surface area (Å²) >= 11 is 0. The van der Waals surface area contributed by atoms with Crippen molar-refractivity contribution in [1.82, 2.24) is 0 Å². The van der Waals surface area contributed by atoms with E-state index < -0.39 is 17.8 Å². The molecule has 1 rings (SSSR count). The van der Waals surface area contributed by atoms with Crippen LogP contribution in [0.1, 0.15) is 84.5 Å². The summed E-state index contributed by atoms with van der Waals surface area (Å²) in [5.74, 6) is 5.40. The van der Waals surface area contributed by atoms with Crippen LogP contribution in [0.15, 0.2) is 24.3 Å². The Morgan fingerprint density at radius 2 is 1.90 bits per heavy atom. The second kappa shape index (κ2) is 15.2. The van der Waals surface area contributed by atoms with Crippen molar-refractivity contribution in [2.24, 2.45) is 11.8 Å². The fourth-order valence-electron chi connectivity index (χ4n) is 4.26. The van der Waals surface area contributed by atoms with Crippen LogP contribution < -0.4 is 0 Å². The zero-order valence-electron chi connectivity index (χ0n) is 19.6. The molecule has 1 fully saturated rings. The molecule has 0 spiro atoms. The largest absolute Gasteiger partial charge is 0.469 e. The maximum atomic E-state index is 11.1. The summed E-state index contributed by atoms with van der Waals surface area (Å²) in [7, 11) is 1.39. The van der Waals surface area contributed by atoms with Crippen molar-refractivity contribution in [3.8, 4) is 11.8 Å². The Labute approximate surface area is 188 Å². The molecule has 0 amide bonds. The van der Waals surface area contributed by atoms with Crippen molar-refractivity contribution in [2.45, 2.75) is 102 Å². The molecule has 5 nitrogen and oxygen atoms in total. The molecule has 0 aliphatic heterocycles. The van der Waals surface area contributed by atoms with E-state index in [1.54, 1.807) is 6.92 Å². The Morgan fingerprint density at radius 3 is 2.58 bits per heavy atom. The maximum absolute atomic E-state index is 11.1. The van der Waals surface area contributed by atoms with Crippen molar-refractivity contribution in [2.75, 3.05) is 7.11 Å². The van der Waals surface area contributed by atoms with Gasteiger partial charge in [0.15, 0.2) is 0 Å². The number of esters is 1. The predicted molar refractivity (Wildman–Crippen MR) is 124 cm³/mol. The van der Waals surface area contributed by atoms with E-state index in [-0.39, 0.29) is 17.8 Å². The van der Waals surface area contributed by atoms with Crippen molar-refractivity contribution in [1.29, 1.82) is 0 Å². The Balaban J connectivity index is 2.60. The summed E-state index contributed by atoms with van der Waals surface area (Å²) in [5.41, 5.74) is -1.03. The number of rotatable bonds is 14. The molecule has 0 heterocycles. The Kier molecular flexibility index (Phi) is 13.5. The lowest BCUT2D eigenvalue weighted by molar-refractivity contribution is -0.140. The molecule has 0 radical (unpaired) electrons. The SMILES string of the molecule is CC#CC(O)(CC=C[C@@H]1[C@@H](CC=CCCCC(=O)OC)[C@H](O)C[C@H]1O)CCCCCC. The number of ether oxygens (including phenoxy) is 1. The molecular weight excluding hydrogens is 392 g/mol. The van der Waals surface area contributed by atoms with Crippen LogP contribution >= 0.6 is 0 Å². The number of hydrogen-bond acceptors (Lipinski definition) is 5. The first-order chi connectivity index (χ1) is 14.9. The first-order valence-corrected chi connectivity index (χ1v) is 11.8. The number of carbonyl (C=O) groups excluding carboxylic acids is 1. The van der Waals surface area contributed by atoms with Crippen molar-refractivity contribution in [3.63, 3.8) is 0 Å². The van der Waals surface area contributed by atoms with Crippen LogP contribution in [0.25, 0.3) is 0 Å². The summed E-state index contributed by atoms with van der Waals surface area (Å²) < 4.78 is 4.63. The van der Waals surface area contributed by atoms with Gasteiger partial charge in [-0.05, 0) is 44.9 Å². The van der Waals surface area contributed by atoms with Crippen molar-refractivity contribution < 1.29 is 24.9 Å². The highest BCUT2D eigenvalue weighted by atomic mass is 16.5. The molecule has 1 unspecified atom stereocenters. The van der Waals surface area contributed by atoms with Gasteiger partial charge >= 0.3 is 5.97 Å². The van der Waals surface area contributed by atoms with Gasteiger partial charge < -0.3 is 20.1 Å². The minimum absolute atomic E-state index is 0.0574. The third-order valence-corrected chi connectivity index (χ3v) is 6.09. The van der Waals surface area contributed by atoms with Crippen LogP contribution in [0.2, 0.25) is 0 Å². The molecule has 5 heteroatoms. The van der Waals surface area contributed by atoms with E-state index >= 15 is 0 Å². The minimum atomic E-state index is -1.03. The number of aliphatic hydroxyl groups is 3. The summed E-state index contributed by atoms with van der Waals surface area (Å²) in [4.78, 5) is 11.1. The summed E-state index contributed by atoms with van der Waals surface area (Å²) in [5, 5.41) is 31.7. The normalized spacial score (nSPS) is 25.5. The second-order valence-corrected chi connectivity index (χ2v) is 8.64. The van der Waals surface area contributed by atoms with Crippen LogP contribution in [0.4, 0.5) is 0 Å². The van der Waals surface area contributed by atoms with Gasteiger partial charge in [-0.25, -0.2) is 0 Å². The van der Waals surface area contributed by atoms with E-state index in [9.17, 15) is 20.1 Å². The van der Waals surface area contributed by atoms with Gasteiger partial charge in [-0.2, -0.15) is 0 Å². The molecule has 176 valence electrons. The topological polar surface area (TPSA) is 87.0 Å². The van der Waals surface area contributed by atoms with Crippen LogP contribution in [-0.4, -0.2) is 46.2 Å². The number of carbonyl (C=O) groups is 1. The highest BCUT2D eigenvalue weighted by molar-refractivity contribution is 5.69. The molecule has 0 aromatic heterocycles. The van der Waals surface area contributed by atoms with Crippen LogP contribution in [0.3, 0.4) is 0 Å². The molecule has 0 bridgehead atoms. The van der Waals surface area contributed by atoms with E-state index in [0.717, 1.165) is 38.5 Å². The van der Waals surface area contributed by atoms with E-state index in [0.29, 0.717) is 32.1 Å². The van der Waals surface area contributed by atoms with Gasteiger partial charge in [-0.1, -0.05) is 56.4 Å². The fraction of sp³-hybridized carbons (Fsp3) is 0.731. The third kappa shape index (κ3) is 10.5. The van der Waals surface area contributed by atoms with Gasteiger partial charge in [0.2, 0.25) is 0 Å². The molecule has 3 N–H and O–H groups in total. The Morgan fingerprint density at radius 1 is 1.13 bits per heavy atom. The highest BCUT2D eigenvalue weighted by Gasteiger charge is 2.39. The van der Waals surface area contributed by atoms with Crippen LogP contribution in [0, 0.1) is 23.7 Å². The zero-order valence-corrected chi connectivity index (χ0v) is 19.6. The molecule has 1 aliphatic carbocycles. The molecule has 1 saturated carbocycles. The third-order valence-electron chi connectivity index (χ3n) is 6.09. The standard InChI is InChI=1S/C26H42O5/c1-4-6-7-12-18-26(30,17-5-2)19-13-15-22-21(23(27)20-24(22)28)14-10-8-9-11-16-25(29)31-3/h8,10,13,15,21-24,27-28,30H,4,6-7,9,11-12,14,16,18-20H2,1-3H3/t21-,22-,23-,24-,26?/m1/s1. The van der Waals surface area contributed by atoms with E-state index in [1.807, 2.05) is 24.3 Å². The van der Waals surface area contributed by atoms with Gasteiger partial charge in [0.1, 0.15) is 5.60 Å². The van der Waals surface area contributed by atoms with E-state index in [2.05, 4.69) is 23.5 Å². The molecular formula is C26H42O5. The zero-order chi connectivity index (χ0) is 23.1. The molecule has 5 atom stereocenters. The Hall–Kier alpha value is -1.61. The number of methoxy groups -OCH3 is 1. The number of hydrogen-bond donors (Lipinski definition) is 3. The molecule has 0 saturated heterocycles. The average Bonchev–Trinajstić information content (AvgIpc) is 3.00. The van der Waals surface area contributed by atoms with Crippen LogP contribution in [0.5, 0.6) is 0 Å². The number of allylic oxidation sites excluding steroid dienone is 2. The lowest BCUT2D eigenvalue weighted by Gasteiger charge is -2.22. The first-order valence-electron chi connectivity index (χ1n) is 11.8. The molecule has 0 aromatic carbocycles. The quantitative estimate of drug-likeness (QED) is 0.164. The van der Waals surface area contributed by atoms with Crippen molar-refractivity contribution >= 4 is 5.97 Å². The van der Waals surface area contributed by atoms with Gasteiger partial charge in [0, 0.05) is 25.2 Å². The molecule has 1 aliphatic rings. The van der Waals surface area contributed by atoms with Crippen LogP contribution in [-0.2, 0) is 9.53 Å². The lowest BCUT2D eigenvalue weighted by atomic mass is 9.88. The Bertz CT molecular complexity index is 629. The number of aliphatic hydroxyl groups excluding tert-OH is 2. The van der Waals surface area contributed by atoms with Gasteiger partial charge in [0.25, 0.3) is 0 Å². The van der Waals surface area contributed by atoms with E-state index in [4.69, 9.17) is 0 Å². The lowest BCUT2D eigenvalue weighted by Crippen LogP contribution is -2.26. The van der Waals surface area contributed by atoms with E-state index in [1.165, 1.54) is 7.11 Å². The van der Waals surface area contributed by atoms with Gasteiger partial charge in [-0.15, -0.1) is 5.92 Å².